The van der Waals surface area contributed by atoms with Crippen LogP contribution < -0.4 is 15.0 Å². The molecule has 172 valence electrons. The first kappa shape index (κ1) is 21.2. The SMILES string of the molecule is COc1ncc(N2CCc3nc(N[C@H]4CCN(C(=O)c5cn(C)cn5)C4)ncc3C2)cc1C. The zero-order chi connectivity index (χ0) is 22.9. The minimum atomic E-state index is -0.0328. The Kier molecular flexibility index (Phi) is 5.57. The molecule has 0 aliphatic carbocycles. The number of hydrogen-bond donors (Lipinski definition) is 1. The Morgan fingerprint density at radius 1 is 1.21 bits per heavy atom. The van der Waals surface area contributed by atoms with E-state index in [0.717, 1.165) is 48.4 Å². The van der Waals surface area contributed by atoms with E-state index in [1.807, 2.05) is 31.3 Å². The Hall–Kier alpha value is -3.69. The molecule has 33 heavy (non-hydrogen) atoms. The molecule has 2 aliphatic heterocycles. The number of amides is 1. The summed E-state index contributed by atoms with van der Waals surface area (Å²) >= 11 is 0. The van der Waals surface area contributed by atoms with Gasteiger partial charge in [-0.05, 0) is 19.4 Å². The van der Waals surface area contributed by atoms with Crippen LogP contribution in [0, 0.1) is 6.92 Å². The van der Waals surface area contributed by atoms with E-state index in [0.29, 0.717) is 30.6 Å². The Bertz CT molecular complexity index is 1180. The summed E-state index contributed by atoms with van der Waals surface area (Å²) in [6.07, 6.45) is 8.86. The molecule has 1 amide bonds. The van der Waals surface area contributed by atoms with Gasteiger partial charge in [0, 0.05) is 69.2 Å². The number of ether oxygens (including phenoxy) is 1. The predicted molar refractivity (Wildman–Crippen MR) is 123 cm³/mol. The van der Waals surface area contributed by atoms with Crippen molar-refractivity contribution in [3.63, 3.8) is 0 Å². The minimum absolute atomic E-state index is 0.0328. The molecule has 1 N–H and O–H groups in total. The molecule has 0 aromatic carbocycles. The number of likely N-dealkylation sites (tertiary alicyclic amines) is 1. The lowest BCUT2D eigenvalue weighted by Gasteiger charge is -2.30. The van der Waals surface area contributed by atoms with Crippen molar-refractivity contribution in [1.82, 2.24) is 29.4 Å². The largest absolute Gasteiger partial charge is 0.481 e. The standard InChI is InChI=1S/C23H28N8O2/c1-15-8-18(10-24-21(15)33-3)30-7-5-19-16(11-30)9-25-23(28-19)27-17-4-6-31(12-17)22(32)20-13-29(2)14-26-20/h8-10,13-14,17H,4-7,11-12H2,1-3H3,(H,25,27,28)/t17-/m0/s1. The lowest BCUT2D eigenvalue weighted by atomic mass is 10.1. The van der Waals surface area contributed by atoms with E-state index in [9.17, 15) is 4.79 Å². The Labute approximate surface area is 192 Å². The highest BCUT2D eigenvalue weighted by molar-refractivity contribution is 5.92. The maximum atomic E-state index is 12.6. The van der Waals surface area contributed by atoms with E-state index in [4.69, 9.17) is 9.72 Å². The number of rotatable bonds is 5. The molecule has 10 nitrogen and oxygen atoms in total. The molecule has 0 bridgehead atoms. The average Bonchev–Trinajstić information content (AvgIpc) is 3.47. The van der Waals surface area contributed by atoms with Gasteiger partial charge in [0.2, 0.25) is 11.8 Å². The van der Waals surface area contributed by atoms with Gasteiger partial charge in [-0.1, -0.05) is 0 Å². The highest BCUT2D eigenvalue weighted by atomic mass is 16.5. The fourth-order valence-electron chi connectivity index (χ4n) is 4.47. The van der Waals surface area contributed by atoms with Gasteiger partial charge in [0.05, 0.1) is 31.0 Å². The van der Waals surface area contributed by atoms with Gasteiger partial charge in [0.1, 0.15) is 5.69 Å². The zero-order valence-corrected chi connectivity index (χ0v) is 19.2. The molecule has 1 atom stereocenters. The zero-order valence-electron chi connectivity index (χ0n) is 19.2. The second kappa shape index (κ2) is 8.68. The average molecular weight is 449 g/mol. The van der Waals surface area contributed by atoms with E-state index in [1.165, 1.54) is 0 Å². The van der Waals surface area contributed by atoms with Crippen molar-refractivity contribution in [2.75, 3.05) is 37.0 Å². The van der Waals surface area contributed by atoms with Gasteiger partial charge in [-0.2, -0.15) is 0 Å². The molecule has 0 saturated carbocycles. The monoisotopic (exact) mass is 448 g/mol. The summed E-state index contributed by atoms with van der Waals surface area (Å²) in [5.41, 5.74) is 4.77. The summed E-state index contributed by atoms with van der Waals surface area (Å²) < 4.78 is 7.06. The fraction of sp³-hybridized carbons (Fsp3) is 0.435. The quantitative estimate of drug-likeness (QED) is 0.631. The van der Waals surface area contributed by atoms with Gasteiger partial charge in [-0.3, -0.25) is 4.79 Å². The van der Waals surface area contributed by atoms with Crippen molar-refractivity contribution < 1.29 is 9.53 Å². The van der Waals surface area contributed by atoms with E-state index in [-0.39, 0.29) is 11.9 Å². The highest BCUT2D eigenvalue weighted by Gasteiger charge is 2.29. The molecule has 5 rings (SSSR count). The number of aromatic nitrogens is 5. The summed E-state index contributed by atoms with van der Waals surface area (Å²) in [5, 5.41) is 3.42. The van der Waals surface area contributed by atoms with Gasteiger partial charge in [0.15, 0.2) is 0 Å². The summed E-state index contributed by atoms with van der Waals surface area (Å²) in [4.78, 5) is 34.7. The lowest BCUT2D eigenvalue weighted by Crippen LogP contribution is -2.33. The van der Waals surface area contributed by atoms with Gasteiger partial charge >= 0.3 is 0 Å². The van der Waals surface area contributed by atoms with Crippen molar-refractivity contribution >= 4 is 17.5 Å². The molecular weight excluding hydrogens is 420 g/mol. The third-order valence-corrected chi connectivity index (χ3v) is 6.24. The fourth-order valence-corrected chi connectivity index (χ4v) is 4.47. The van der Waals surface area contributed by atoms with Crippen LogP contribution in [0.25, 0.3) is 0 Å². The number of aryl methyl sites for hydroxylation is 2. The third kappa shape index (κ3) is 4.33. The van der Waals surface area contributed by atoms with Crippen LogP contribution in [0.2, 0.25) is 0 Å². The molecule has 1 saturated heterocycles. The molecular formula is C23H28N8O2. The predicted octanol–water partition coefficient (Wildman–Crippen LogP) is 1.81. The number of nitrogens with one attached hydrogen (secondary N) is 1. The van der Waals surface area contributed by atoms with Crippen molar-refractivity contribution in [3.05, 3.63) is 53.5 Å². The van der Waals surface area contributed by atoms with E-state index in [2.05, 4.69) is 31.2 Å². The summed E-state index contributed by atoms with van der Waals surface area (Å²) in [6, 6.07) is 2.23. The maximum absolute atomic E-state index is 12.6. The molecule has 3 aromatic heterocycles. The number of hydrogen-bond acceptors (Lipinski definition) is 8. The number of pyridine rings is 1. The van der Waals surface area contributed by atoms with Crippen molar-refractivity contribution in [2.45, 2.75) is 32.4 Å². The molecule has 0 unspecified atom stereocenters. The third-order valence-electron chi connectivity index (χ3n) is 6.24. The van der Waals surface area contributed by atoms with E-state index in [1.54, 1.807) is 24.2 Å². The van der Waals surface area contributed by atoms with Crippen LogP contribution in [0.1, 0.15) is 33.7 Å². The van der Waals surface area contributed by atoms with Crippen molar-refractivity contribution in [3.8, 4) is 5.88 Å². The summed E-state index contributed by atoms with van der Waals surface area (Å²) in [5.74, 6) is 1.25. The smallest absolute Gasteiger partial charge is 0.274 e. The summed E-state index contributed by atoms with van der Waals surface area (Å²) in [6.45, 7) is 4.93. The normalized spacial score (nSPS) is 17.7. The second-order valence-electron chi connectivity index (χ2n) is 8.66. The maximum Gasteiger partial charge on any atom is 0.274 e. The van der Waals surface area contributed by atoms with Crippen LogP contribution >= 0.6 is 0 Å². The Morgan fingerprint density at radius 3 is 2.85 bits per heavy atom. The topological polar surface area (TPSA) is 101 Å². The number of carbonyl (C=O) groups is 1. The number of carbonyl (C=O) groups excluding carboxylic acids is 1. The van der Waals surface area contributed by atoms with Crippen LogP contribution in [-0.4, -0.2) is 68.1 Å². The molecule has 1 fully saturated rings. The van der Waals surface area contributed by atoms with Gasteiger partial charge < -0.3 is 24.4 Å². The van der Waals surface area contributed by atoms with E-state index >= 15 is 0 Å². The lowest BCUT2D eigenvalue weighted by molar-refractivity contribution is 0.0786. The first-order chi connectivity index (χ1) is 16.0. The first-order valence-corrected chi connectivity index (χ1v) is 11.1. The van der Waals surface area contributed by atoms with Gasteiger partial charge in [-0.25, -0.2) is 19.9 Å². The second-order valence-corrected chi connectivity index (χ2v) is 8.66. The van der Waals surface area contributed by atoms with Crippen molar-refractivity contribution in [1.29, 1.82) is 0 Å². The van der Waals surface area contributed by atoms with Crippen LogP contribution in [0.5, 0.6) is 5.88 Å². The van der Waals surface area contributed by atoms with Gasteiger partial charge in [0.25, 0.3) is 5.91 Å². The van der Waals surface area contributed by atoms with Crippen LogP contribution in [0.3, 0.4) is 0 Å². The van der Waals surface area contributed by atoms with Crippen LogP contribution in [-0.2, 0) is 20.0 Å². The molecule has 10 heteroatoms. The highest BCUT2D eigenvalue weighted by Crippen LogP contribution is 2.27. The number of nitrogens with zero attached hydrogens (tertiary/aromatic N) is 7. The molecule has 2 aliphatic rings. The Balaban J connectivity index is 1.21. The van der Waals surface area contributed by atoms with Crippen LogP contribution in [0.15, 0.2) is 31.0 Å². The van der Waals surface area contributed by atoms with Crippen LogP contribution in [0.4, 0.5) is 11.6 Å². The molecule has 0 spiro atoms. The molecule has 5 heterocycles. The number of methoxy groups -OCH3 is 1. The summed E-state index contributed by atoms with van der Waals surface area (Å²) in [7, 11) is 3.50. The Morgan fingerprint density at radius 2 is 2.09 bits per heavy atom. The molecule has 3 aromatic rings. The number of imidazole rings is 1. The minimum Gasteiger partial charge on any atom is -0.481 e. The number of anilines is 2. The van der Waals surface area contributed by atoms with Crippen molar-refractivity contribution in [2.24, 2.45) is 7.05 Å². The van der Waals surface area contributed by atoms with Gasteiger partial charge in [-0.15, -0.1) is 0 Å². The first-order valence-electron chi connectivity index (χ1n) is 11.1. The number of fused-ring (bicyclic) bond motifs is 1. The molecule has 0 radical (unpaired) electrons. The van der Waals surface area contributed by atoms with E-state index < -0.39 is 0 Å².